The van der Waals surface area contributed by atoms with Crippen molar-refractivity contribution in [2.45, 2.75) is 0 Å². The first kappa shape index (κ1) is 12.0. The second-order valence-electron chi connectivity index (χ2n) is 3.16. The Kier molecular flexibility index (Phi) is 4.55. The molecule has 2 aromatic rings. The van der Waals surface area contributed by atoms with Gasteiger partial charge in [0.15, 0.2) is 0 Å². The Balaban J connectivity index is 0.00000112. The molecule has 2 aromatic carbocycles. The Hall–Kier alpha value is -1.10. The Morgan fingerprint density at radius 1 is 0.800 bits per heavy atom. The first-order valence-corrected chi connectivity index (χ1v) is 4.74. The van der Waals surface area contributed by atoms with Crippen molar-refractivity contribution in [3.63, 3.8) is 0 Å². The summed E-state index contributed by atoms with van der Waals surface area (Å²) in [6, 6.07) is 18.7. The zero-order chi connectivity index (χ0) is 9.80. The van der Waals surface area contributed by atoms with E-state index in [1.54, 1.807) is 0 Å². The molecule has 1 N–H and O–H groups in total. The normalized spacial score (nSPS) is 9.13. The summed E-state index contributed by atoms with van der Waals surface area (Å²) in [5.74, 6) is 0. The van der Waals surface area contributed by atoms with E-state index in [2.05, 4.69) is 47.8 Å². The van der Waals surface area contributed by atoms with Gasteiger partial charge in [-0.1, -0.05) is 48.5 Å². The van der Waals surface area contributed by atoms with Gasteiger partial charge in [-0.15, -0.1) is 0 Å². The molecule has 0 aliphatic rings. The summed E-state index contributed by atoms with van der Waals surface area (Å²) in [4.78, 5) is 0. The molecule has 0 radical (unpaired) electrons. The molecule has 0 heterocycles. The van der Waals surface area contributed by atoms with Crippen LogP contribution in [0.25, 0.3) is 11.1 Å². The molecule has 2 rings (SSSR count). The predicted molar refractivity (Wildman–Crippen MR) is 61.4 cm³/mol. The smallest absolute Gasteiger partial charge is 0.388 e. The molecule has 0 spiro atoms. The van der Waals surface area contributed by atoms with Crippen LogP contribution in [-0.2, 0) is 20.4 Å². The Morgan fingerprint density at radius 2 is 1.40 bits per heavy atom. The van der Waals surface area contributed by atoms with Gasteiger partial charge in [-0.05, 0) is 11.6 Å². The SMILES string of the molecule is CNc1ccccc1-c1ccccc1.[Pd+2]. The minimum absolute atomic E-state index is 0. The molecule has 0 bridgehead atoms. The third-order valence-corrected chi connectivity index (χ3v) is 2.28. The van der Waals surface area contributed by atoms with Crippen molar-refractivity contribution in [2.75, 3.05) is 12.4 Å². The Morgan fingerprint density at radius 3 is 2.07 bits per heavy atom. The van der Waals surface area contributed by atoms with E-state index in [0.29, 0.717) is 0 Å². The topological polar surface area (TPSA) is 12.0 Å². The number of para-hydroxylation sites is 1. The molecule has 78 valence electrons. The third kappa shape index (κ3) is 2.68. The molecule has 0 saturated carbocycles. The summed E-state index contributed by atoms with van der Waals surface area (Å²) < 4.78 is 0. The molecule has 1 nitrogen and oxygen atoms in total. The summed E-state index contributed by atoms with van der Waals surface area (Å²) in [6.07, 6.45) is 0. The van der Waals surface area contributed by atoms with E-state index < -0.39 is 0 Å². The van der Waals surface area contributed by atoms with Gasteiger partial charge in [-0.2, -0.15) is 0 Å². The molecule has 0 aromatic heterocycles. The van der Waals surface area contributed by atoms with E-state index in [1.165, 1.54) is 16.8 Å². The fraction of sp³-hybridized carbons (Fsp3) is 0.0769. The zero-order valence-corrected chi connectivity index (χ0v) is 10.1. The van der Waals surface area contributed by atoms with Crippen LogP contribution in [0.5, 0.6) is 0 Å². The van der Waals surface area contributed by atoms with Crippen LogP contribution in [-0.4, -0.2) is 7.05 Å². The number of hydrogen-bond acceptors (Lipinski definition) is 1. The van der Waals surface area contributed by atoms with E-state index in [1.807, 2.05) is 19.2 Å². The summed E-state index contributed by atoms with van der Waals surface area (Å²) in [6.45, 7) is 0. The largest absolute Gasteiger partial charge is 2.00 e. The summed E-state index contributed by atoms with van der Waals surface area (Å²) in [7, 11) is 1.95. The molecule has 2 heteroatoms. The molecule has 0 atom stereocenters. The molecule has 0 aliphatic heterocycles. The van der Waals surface area contributed by atoms with Gasteiger partial charge in [0.25, 0.3) is 0 Å². The van der Waals surface area contributed by atoms with Gasteiger partial charge in [0.1, 0.15) is 0 Å². The first-order chi connectivity index (χ1) is 6.92. The van der Waals surface area contributed by atoms with E-state index in [-0.39, 0.29) is 20.4 Å². The number of nitrogens with one attached hydrogen (secondary N) is 1. The van der Waals surface area contributed by atoms with Crippen LogP contribution in [0.4, 0.5) is 5.69 Å². The summed E-state index contributed by atoms with van der Waals surface area (Å²) >= 11 is 0. The average Bonchev–Trinajstić information content (AvgIpc) is 2.30. The predicted octanol–water partition coefficient (Wildman–Crippen LogP) is 3.39. The maximum atomic E-state index is 3.19. The molecule has 15 heavy (non-hydrogen) atoms. The molecule has 0 fully saturated rings. The Labute approximate surface area is 104 Å². The molecular formula is C13H13NPd+2. The van der Waals surface area contributed by atoms with E-state index in [0.717, 1.165) is 0 Å². The van der Waals surface area contributed by atoms with Gasteiger partial charge in [-0.3, -0.25) is 0 Å². The van der Waals surface area contributed by atoms with Crippen molar-refractivity contribution >= 4 is 5.69 Å². The first-order valence-electron chi connectivity index (χ1n) is 4.74. The van der Waals surface area contributed by atoms with Crippen molar-refractivity contribution in [1.29, 1.82) is 0 Å². The molecule has 0 amide bonds. The summed E-state index contributed by atoms with van der Waals surface area (Å²) in [5, 5.41) is 3.19. The zero-order valence-electron chi connectivity index (χ0n) is 8.51. The minimum atomic E-state index is 0. The average molecular weight is 290 g/mol. The number of rotatable bonds is 2. The van der Waals surface area contributed by atoms with Crippen molar-refractivity contribution in [2.24, 2.45) is 0 Å². The van der Waals surface area contributed by atoms with Crippen molar-refractivity contribution < 1.29 is 20.4 Å². The number of hydrogen-bond donors (Lipinski definition) is 1. The van der Waals surface area contributed by atoms with E-state index in [9.17, 15) is 0 Å². The second kappa shape index (κ2) is 5.70. The van der Waals surface area contributed by atoms with Crippen LogP contribution >= 0.6 is 0 Å². The van der Waals surface area contributed by atoms with Crippen molar-refractivity contribution in [1.82, 2.24) is 0 Å². The molecule has 0 saturated heterocycles. The quantitative estimate of drug-likeness (QED) is 0.836. The number of benzene rings is 2. The fourth-order valence-corrected chi connectivity index (χ4v) is 1.57. The van der Waals surface area contributed by atoms with Crippen LogP contribution < -0.4 is 5.32 Å². The van der Waals surface area contributed by atoms with Crippen LogP contribution in [0.1, 0.15) is 0 Å². The van der Waals surface area contributed by atoms with Crippen molar-refractivity contribution in [3.05, 3.63) is 54.6 Å². The summed E-state index contributed by atoms with van der Waals surface area (Å²) in [5.41, 5.74) is 3.66. The molecular weight excluding hydrogens is 277 g/mol. The van der Waals surface area contributed by atoms with Crippen molar-refractivity contribution in [3.8, 4) is 11.1 Å². The second-order valence-corrected chi connectivity index (χ2v) is 3.16. The van der Waals surface area contributed by atoms with Crippen LogP contribution in [0, 0.1) is 0 Å². The third-order valence-electron chi connectivity index (χ3n) is 2.28. The minimum Gasteiger partial charge on any atom is -0.388 e. The standard InChI is InChI=1S/C13H13N.Pd/c1-14-13-10-6-5-9-12(13)11-7-3-2-4-8-11;/h2-10,14H,1H3;/q;+2. The maximum absolute atomic E-state index is 3.19. The van der Waals surface area contributed by atoms with Gasteiger partial charge in [0.2, 0.25) is 0 Å². The van der Waals surface area contributed by atoms with Gasteiger partial charge < -0.3 is 5.32 Å². The van der Waals surface area contributed by atoms with E-state index in [4.69, 9.17) is 0 Å². The monoisotopic (exact) mass is 289 g/mol. The van der Waals surface area contributed by atoms with Crippen LogP contribution in [0.2, 0.25) is 0 Å². The Bertz CT molecular complexity index is 412. The molecule has 0 aliphatic carbocycles. The van der Waals surface area contributed by atoms with Crippen LogP contribution in [0.15, 0.2) is 54.6 Å². The maximum Gasteiger partial charge on any atom is 2.00 e. The van der Waals surface area contributed by atoms with Gasteiger partial charge in [0, 0.05) is 18.3 Å². The van der Waals surface area contributed by atoms with Gasteiger partial charge in [0.05, 0.1) is 0 Å². The van der Waals surface area contributed by atoms with Crippen LogP contribution in [0.3, 0.4) is 0 Å². The van der Waals surface area contributed by atoms with Gasteiger partial charge in [-0.25, -0.2) is 0 Å². The number of anilines is 1. The van der Waals surface area contributed by atoms with E-state index >= 15 is 0 Å². The van der Waals surface area contributed by atoms with Gasteiger partial charge >= 0.3 is 20.4 Å². The molecule has 0 unspecified atom stereocenters. The fourth-order valence-electron chi connectivity index (χ4n) is 1.57.